The van der Waals surface area contributed by atoms with Crippen molar-refractivity contribution in [2.45, 2.75) is 19.4 Å². The second kappa shape index (κ2) is 9.01. The molecule has 0 saturated heterocycles. The third kappa shape index (κ3) is 4.78. The summed E-state index contributed by atoms with van der Waals surface area (Å²) in [4.78, 5) is 4.69. The van der Waals surface area contributed by atoms with Gasteiger partial charge in [0.05, 0.1) is 17.8 Å². The molecule has 2 aromatic carbocycles. The predicted octanol–water partition coefficient (Wildman–Crippen LogP) is 3.38. The summed E-state index contributed by atoms with van der Waals surface area (Å²) in [6, 6.07) is 17.7. The summed E-state index contributed by atoms with van der Waals surface area (Å²) in [5.41, 5.74) is 2.84. The number of fused-ring (bicyclic) bond motifs is 1. The highest BCUT2D eigenvalue weighted by Gasteiger charge is 2.06. The molecule has 148 valence electrons. The Morgan fingerprint density at radius 3 is 2.69 bits per heavy atom. The molecule has 0 aliphatic carbocycles. The average molecular weight is 390 g/mol. The average Bonchev–Trinajstić information content (AvgIpc) is 3.28. The lowest BCUT2D eigenvalue weighted by molar-refractivity contribution is 0.290. The maximum absolute atomic E-state index is 5.94. The number of pyridine rings is 1. The number of H-pyrrole nitrogens is 1. The zero-order chi connectivity index (χ0) is 19.9. The van der Waals surface area contributed by atoms with Gasteiger partial charge < -0.3 is 14.8 Å². The molecule has 2 N–H and O–H groups in total. The lowest BCUT2D eigenvalue weighted by atomic mass is 10.1. The molecular weight excluding hydrogens is 368 g/mol. The van der Waals surface area contributed by atoms with Gasteiger partial charge in [-0.25, -0.2) is 4.98 Å². The monoisotopic (exact) mass is 390 g/mol. The van der Waals surface area contributed by atoms with Crippen LogP contribution in [0.1, 0.15) is 17.9 Å². The van der Waals surface area contributed by atoms with E-state index in [1.165, 1.54) is 0 Å². The van der Waals surface area contributed by atoms with Crippen LogP contribution in [0, 0.1) is 0 Å². The zero-order valence-electron chi connectivity index (χ0n) is 16.1. The Labute approximate surface area is 168 Å². The topological polar surface area (TPSA) is 97.8 Å². The van der Waals surface area contributed by atoms with E-state index in [-0.39, 0.29) is 0 Å². The minimum atomic E-state index is 0.376. The second-order valence-electron chi connectivity index (χ2n) is 6.47. The molecule has 0 aliphatic heterocycles. The van der Waals surface area contributed by atoms with Crippen LogP contribution in [0.5, 0.6) is 11.5 Å². The third-order valence-electron chi connectivity index (χ3n) is 4.43. The fourth-order valence-electron chi connectivity index (χ4n) is 3.03. The third-order valence-corrected chi connectivity index (χ3v) is 4.43. The molecule has 2 heterocycles. The van der Waals surface area contributed by atoms with Crippen LogP contribution in [-0.4, -0.2) is 39.3 Å². The highest BCUT2D eigenvalue weighted by molar-refractivity contribution is 5.91. The molecular formula is C21H22N6O2. The molecule has 0 aliphatic rings. The first-order valence-corrected chi connectivity index (χ1v) is 9.46. The summed E-state index contributed by atoms with van der Waals surface area (Å²) in [5, 5.41) is 18.2. The van der Waals surface area contributed by atoms with Crippen molar-refractivity contribution in [2.24, 2.45) is 0 Å². The Hall–Kier alpha value is -3.68. The highest BCUT2D eigenvalue weighted by atomic mass is 16.5. The fraction of sp³-hybridized carbons (Fsp3) is 0.238. The summed E-state index contributed by atoms with van der Waals surface area (Å²) in [6.45, 7) is 0.941. The van der Waals surface area contributed by atoms with Gasteiger partial charge in [0.2, 0.25) is 0 Å². The van der Waals surface area contributed by atoms with E-state index in [2.05, 4.69) is 32.0 Å². The molecule has 0 spiro atoms. The van der Waals surface area contributed by atoms with Crippen LogP contribution < -0.4 is 14.8 Å². The molecule has 2 aromatic heterocycles. The van der Waals surface area contributed by atoms with Gasteiger partial charge in [0, 0.05) is 30.6 Å². The first-order valence-electron chi connectivity index (χ1n) is 9.46. The Kier molecular flexibility index (Phi) is 5.80. The maximum atomic E-state index is 5.94. The number of aromatic amines is 1. The Bertz CT molecular complexity index is 1070. The van der Waals surface area contributed by atoms with Gasteiger partial charge in [-0.3, -0.25) is 0 Å². The van der Waals surface area contributed by atoms with Crippen LogP contribution in [-0.2, 0) is 13.0 Å². The molecule has 4 rings (SSSR count). The first-order chi connectivity index (χ1) is 14.3. The number of aryl methyl sites for hydroxylation is 1. The Morgan fingerprint density at radius 1 is 1.00 bits per heavy atom. The van der Waals surface area contributed by atoms with Gasteiger partial charge in [-0.1, -0.05) is 29.5 Å². The summed E-state index contributed by atoms with van der Waals surface area (Å²) in [5.74, 6) is 2.19. The standard InChI is InChI=1S/C21H22N6O2/c1-22-20-12-15(23-19-9-3-2-8-18(19)20)14-29-17-7-4-6-16(13-17)28-11-5-10-21-24-26-27-25-21/h2-4,6-9,12-13H,5,10-11,14H2,1H3,(H,22,23)(H,24,25,26,27). The fourth-order valence-corrected chi connectivity index (χ4v) is 3.03. The number of hydrogen-bond donors (Lipinski definition) is 2. The maximum Gasteiger partial charge on any atom is 0.174 e. The molecule has 29 heavy (non-hydrogen) atoms. The minimum Gasteiger partial charge on any atom is -0.493 e. The molecule has 8 nitrogen and oxygen atoms in total. The van der Waals surface area contributed by atoms with Crippen molar-refractivity contribution < 1.29 is 9.47 Å². The summed E-state index contributed by atoms with van der Waals surface area (Å²) < 4.78 is 11.7. The van der Waals surface area contributed by atoms with Crippen LogP contribution in [0.2, 0.25) is 0 Å². The molecule has 0 fully saturated rings. The summed E-state index contributed by atoms with van der Waals surface area (Å²) in [7, 11) is 1.91. The number of hydrogen-bond acceptors (Lipinski definition) is 7. The number of nitrogens with zero attached hydrogens (tertiary/aromatic N) is 4. The predicted molar refractivity (Wildman–Crippen MR) is 110 cm³/mol. The van der Waals surface area contributed by atoms with Gasteiger partial charge in [0.25, 0.3) is 0 Å². The number of benzene rings is 2. The molecule has 0 amide bonds. The number of ether oxygens (including phenoxy) is 2. The SMILES string of the molecule is CNc1cc(COc2cccc(OCCCc3nn[nH]n3)c2)nc2ccccc12. The van der Waals surface area contributed by atoms with Crippen molar-refractivity contribution in [3.63, 3.8) is 0 Å². The summed E-state index contributed by atoms with van der Waals surface area (Å²) >= 11 is 0. The van der Waals surface area contributed by atoms with Crippen LogP contribution in [0.25, 0.3) is 10.9 Å². The number of tetrazole rings is 1. The molecule has 0 saturated carbocycles. The van der Waals surface area contributed by atoms with Gasteiger partial charge in [0.15, 0.2) is 5.82 Å². The van der Waals surface area contributed by atoms with E-state index in [4.69, 9.17) is 14.5 Å². The van der Waals surface area contributed by atoms with Gasteiger partial charge in [-0.05, 0) is 30.7 Å². The van der Waals surface area contributed by atoms with Crippen molar-refractivity contribution >= 4 is 16.6 Å². The van der Waals surface area contributed by atoms with Crippen LogP contribution in [0.4, 0.5) is 5.69 Å². The smallest absolute Gasteiger partial charge is 0.174 e. The van der Waals surface area contributed by atoms with Crippen LogP contribution >= 0.6 is 0 Å². The Morgan fingerprint density at radius 2 is 1.86 bits per heavy atom. The number of anilines is 1. The zero-order valence-corrected chi connectivity index (χ0v) is 16.1. The molecule has 4 aromatic rings. The van der Waals surface area contributed by atoms with Crippen LogP contribution in [0.3, 0.4) is 0 Å². The van der Waals surface area contributed by atoms with Crippen LogP contribution in [0.15, 0.2) is 54.6 Å². The van der Waals surface area contributed by atoms with Crippen molar-refractivity contribution in [1.29, 1.82) is 0 Å². The molecule has 0 bridgehead atoms. The lowest BCUT2D eigenvalue weighted by Crippen LogP contribution is -2.02. The molecule has 0 atom stereocenters. The first kappa shape index (κ1) is 18.7. The Balaban J connectivity index is 1.35. The van der Waals surface area contributed by atoms with E-state index in [0.29, 0.717) is 25.5 Å². The van der Waals surface area contributed by atoms with Crippen molar-refractivity contribution in [3.05, 3.63) is 66.1 Å². The van der Waals surface area contributed by atoms with Crippen molar-refractivity contribution in [2.75, 3.05) is 19.0 Å². The number of aromatic nitrogens is 5. The van der Waals surface area contributed by atoms with Crippen molar-refractivity contribution in [3.8, 4) is 11.5 Å². The minimum absolute atomic E-state index is 0.376. The van der Waals surface area contributed by atoms with E-state index in [9.17, 15) is 0 Å². The number of nitrogens with one attached hydrogen (secondary N) is 2. The van der Waals surface area contributed by atoms with E-state index in [0.717, 1.165) is 40.2 Å². The molecule has 0 unspecified atom stereocenters. The van der Waals surface area contributed by atoms with Gasteiger partial charge >= 0.3 is 0 Å². The quantitative estimate of drug-likeness (QED) is 0.423. The normalized spacial score (nSPS) is 10.8. The highest BCUT2D eigenvalue weighted by Crippen LogP contribution is 2.24. The largest absolute Gasteiger partial charge is 0.493 e. The lowest BCUT2D eigenvalue weighted by Gasteiger charge is -2.11. The second-order valence-corrected chi connectivity index (χ2v) is 6.47. The summed E-state index contributed by atoms with van der Waals surface area (Å²) in [6.07, 6.45) is 1.52. The van der Waals surface area contributed by atoms with E-state index >= 15 is 0 Å². The van der Waals surface area contributed by atoms with E-state index in [1.54, 1.807) is 0 Å². The molecule has 8 heteroatoms. The molecule has 0 radical (unpaired) electrons. The van der Waals surface area contributed by atoms with E-state index < -0.39 is 0 Å². The number of para-hydroxylation sites is 1. The van der Waals surface area contributed by atoms with Gasteiger partial charge in [-0.15, -0.1) is 10.2 Å². The van der Waals surface area contributed by atoms with Crippen molar-refractivity contribution in [1.82, 2.24) is 25.6 Å². The van der Waals surface area contributed by atoms with E-state index in [1.807, 2.05) is 55.6 Å². The van der Waals surface area contributed by atoms with Gasteiger partial charge in [-0.2, -0.15) is 5.21 Å². The number of rotatable bonds is 9. The van der Waals surface area contributed by atoms with Gasteiger partial charge in [0.1, 0.15) is 18.1 Å².